The number of imidazole rings is 1. The monoisotopic (exact) mass is 198 g/mol. The van der Waals surface area contributed by atoms with Crippen molar-refractivity contribution in [3.05, 3.63) is 46.4 Å². The quantitative estimate of drug-likeness (QED) is 0.675. The minimum absolute atomic E-state index is 0.732. The largest absolute Gasteiger partial charge is 0.299 e. The number of aromatic nitrogens is 2. The molecule has 0 fully saturated rings. The van der Waals surface area contributed by atoms with Crippen LogP contribution in [0.5, 0.6) is 0 Å². The molecule has 2 rings (SSSR count). The fourth-order valence-electron chi connectivity index (χ4n) is 1.60. The predicted molar refractivity (Wildman–Crippen MR) is 63.3 cm³/mol. The number of aryl methyl sites for hydroxylation is 2. The second kappa shape index (κ2) is 3.39. The van der Waals surface area contributed by atoms with Crippen molar-refractivity contribution in [1.29, 1.82) is 0 Å². The van der Waals surface area contributed by atoms with Crippen LogP contribution in [0.25, 0.3) is 18.8 Å². The van der Waals surface area contributed by atoms with Gasteiger partial charge in [-0.2, -0.15) is 0 Å². The van der Waals surface area contributed by atoms with E-state index in [2.05, 4.69) is 50.2 Å². The Kier molecular flexibility index (Phi) is 2.19. The van der Waals surface area contributed by atoms with Crippen molar-refractivity contribution in [1.82, 2.24) is 9.55 Å². The van der Waals surface area contributed by atoms with E-state index in [1.54, 1.807) is 6.33 Å². The Morgan fingerprint density at radius 3 is 2.53 bits per heavy atom. The Morgan fingerprint density at radius 2 is 1.93 bits per heavy atom. The van der Waals surface area contributed by atoms with E-state index in [0.29, 0.717) is 0 Å². The van der Waals surface area contributed by atoms with E-state index in [0.717, 1.165) is 16.4 Å². The summed E-state index contributed by atoms with van der Waals surface area (Å²) in [4.78, 5) is 4.15. The molecule has 0 saturated carbocycles. The molecule has 0 spiro atoms. The second-order valence-electron chi connectivity index (χ2n) is 3.80. The maximum Gasteiger partial charge on any atom is 0.100 e. The number of benzene rings is 1. The average Bonchev–Trinajstić information content (AvgIpc) is 2.52. The molecule has 0 radical (unpaired) electrons. The third kappa shape index (κ3) is 1.59. The minimum Gasteiger partial charge on any atom is -0.299 e. The molecule has 2 nitrogen and oxygen atoms in total. The first kappa shape index (κ1) is 9.71. The number of hydrogen-bond acceptors (Lipinski definition) is 1. The standard InChI is InChI=1S/C13H14N2/c1-9-5-6-10(2)13(7-9)15-8-14-11(3)12(15)4/h5-8H,3-4H2,1-2H3. The molecule has 76 valence electrons. The molecule has 1 heterocycles. The van der Waals surface area contributed by atoms with Gasteiger partial charge in [-0.05, 0) is 31.0 Å². The van der Waals surface area contributed by atoms with Crippen molar-refractivity contribution in [2.75, 3.05) is 0 Å². The molecular formula is C13H14N2. The van der Waals surface area contributed by atoms with Gasteiger partial charge in [0.15, 0.2) is 0 Å². The lowest BCUT2D eigenvalue weighted by Gasteiger charge is -2.07. The fourth-order valence-corrected chi connectivity index (χ4v) is 1.60. The second-order valence-corrected chi connectivity index (χ2v) is 3.80. The summed E-state index contributed by atoms with van der Waals surface area (Å²) in [6.45, 7) is 11.9. The average molecular weight is 198 g/mol. The molecular weight excluding hydrogens is 184 g/mol. The lowest BCUT2D eigenvalue weighted by Crippen LogP contribution is -2.26. The molecule has 2 heteroatoms. The first-order valence-corrected chi connectivity index (χ1v) is 4.88. The van der Waals surface area contributed by atoms with Gasteiger partial charge in [-0.15, -0.1) is 0 Å². The number of hydrogen-bond donors (Lipinski definition) is 0. The summed E-state index contributed by atoms with van der Waals surface area (Å²) in [6, 6.07) is 6.33. The van der Waals surface area contributed by atoms with Crippen LogP contribution >= 0.6 is 0 Å². The first-order valence-electron chi connectivity index (χ1n) is 4.88. The summed E-state index contributed by atoms with van der Waals surface area (Å²) in [5, 5.41) is 1.58. The van der Waals surface area contributed by atoms with Gasteiger partial charge in [0.2, 0.25) is 0 Å². The van der Waals surface area contributed by atoms with Crippen LogP contribution in [0.2, 0.25) is 0 Å². The zero-order valence-electron chi connectivity index (χ0n) is 9.12. The normalized spacial score (nSPS) is 10.5. The van der Waals surface area contributed by atoms with E-state index in [1.165, 1.54) is 11.1 Å². The van der Waals surface area contributed by atoms with Gasteiger partial charge in [-0.3, -0.25) is 4.57 Å². The van der Waals surface area contributed by atoms with Crippen LogP contribution in [0.4, 0.5) is 0 Å². The Balaban J connectivity index is 2.74. The Labute approximate surface area is 89.2 Å². The molecule has 0 aliphatic heterocycles. The van der Waals surface area contributed by atoms with E-state index in [1.807, 2.05) is 4.57 Å². The van der Waals surface area contributed by atoms with E-state index < -0.39 is 0 Å². The van der Waals surface area contributed by atoms with Gasteiger partial charge in [-0.1, -0.05) is 25.3 Å². The van der Waals surface area contributed by atoms with Crippen molar-refractivity contribution in [3.63, 3.8) is 0 Å². The minimum atomic E-state index is 0.732. The first-order chi connectivity index (χ1) is 7.09. The third-order valence-corrected chi connectivity index (χ3v) is 2.58. The highest BCUT2D eigenvalue weighted by atomic mass is 15.0. The smallest absolute Gasteiger partial charge is 0.100 e. The molecule has 1 aromatic carbocycles. The van der Waals surface area contributed by atoms with E-state index in [4.69, 9.17) is 0 Å². The van der Waals surface area contributed by atoms with Gasteiger partial charge in [-0.25, -0.2) is 4.98 Å². The van der Waals surface area contributed by atoms with Crippen LogP contribution in [0, 0.1) is 13.8 Å². The molecule has 0 aliphatic carbocycles. The number of rotatable bonds is 1. The highest BCUT2D eigenvalue weighted by Crippen LogP contribution is 2.13. The zero-order chi connectivity index (χ0) is 11.0. The van der Waals surface area contributed by atoms with E-state index in [-0.39, 0.29) is 0 Å². The molecule has 0 N–H and O–H groups in total. The Hall–Kier alpha value is -1.83. The van der Waals surface area contributed by atoms with E-state index in [9.17, 15) is 0 Å². The zero-order valence-corrected chi connectivity index (χ0v) is 9.12. The van der Waals surface area contributed by atoms with Crippen LogP contribution < -0.4 is 10.7 Å². The van der Waals surface area contributed by atoms with Crippen molar-refractivity contribution in [2.24, 2.45) is 0 Å². The Morgan fingerprint density at radius 1 is 1.20 bits per heavy atom. The van der Waals surface area contributed by atoms with Crippen molar-refractivity contribution in [3.8, 4) is 5.69 Å². The van der Waals surface area contributed by atoms with Gasteiger partial charge in [0.25, 0.3) is 0 Å². The van der Waals surface area contributed by atoms with Gasteiger partial charge in [0.05, 0.1) is 16.4 Å². The lowest BCUT2D eigenvalue weighted by molar-refractivity contribution is 1.00. The van der Waals surface area contributed by atoms with Gasteiger partial charge in [0.1, 0.15) is 6.33 Å². The van der Waals surface area contributed by atoms with Crippen LogP contribution in [0.15, 0.2) is 24.5 Å². The maximum absolute atomic E-state index is 4.15. The van der Waals surface area contributed by atoms with Crippen molar-refractivity contribution in [2.45, 2.75) is 13.8 Å². The summed E-state index contributed by atoms with van der Waals surface area (Å²) in [5.74, 6) is 0. The van der Waals surface area contributed by atoms with E-state index >= 15 is 0 Å². The summed E-state index contributed by atoms with van der Waals surface area (Å²) in [7, 11) is 0. The van der Waals surface area contributed by atoms with Crippen LogP contribution in [0.1, 0.15) is 11.1 Å². The summed E-state index contributed by atoms with van der Waals surface area (Å²) in [5.41, 5.74) is 3.57. The predicted octanol–water partition coefficient (Wildman–Crippen LogP) is 1.31. The Bertz CT molecular complexity index is 593. The van der Waals surface area contributed by atoms with Gasteiger partial charge in [0, 0.05) is 0 Å². The molecule has 0 bridgehead atoms. The molecule has 0 unspecified atom stereocenters. The summed E-state index contributed by atoms with van der Waals surface area (Å²) in [6.07, 6.45) is 1.77. The van der Waals surface area contributed by atoms with Crippen LogP contribution in [-0.4, -0.2) is 9.55 Å². The van der Waals surface area contributed by atoms with Crippen molar-refractivity contribution >= 4 is 13.2 Å². The highest BCUT2D eigenvalue weighted by Gasteiger charge is 2.02. The molecule has 1 aromatic heterocycles. The van der Waals surface area contributed by atoms with Crippen LogP contribution in [0.3, 0.4) is 0 Å². The summed E-state index contributed by atoms with van der Waals surface area (Å²) < 4.78 is 1.98. The van der Waals surface area contributed by atoms with Gasteiger partial charge < -0.3 is 0 Å². The highest BCUT2D eigenvalue weighted by molar-refractivity contribution is 5.43. The van der Waals surface area contributed by atoms with Gasteiger partial charge >= 0.3 is 0 Å². The molecule has 0 atom stereocenters. The van der Waals surface area contributed by atoms with Crippen LogP contribution in [-0.2, 0) is 0 Å². The van der Waals surface area contributed by atoms with Crippen molar-refractivity contribution < 1.29 is 0 Å². The SMILES string of the molecule is C=c1ncn(-c2cc(C)ccc2C)c1=C. The molecule has 15 heavy (non-hydrogen) atoms. The topological polar surface area (TPSA) is 17.8 Å². The maximum atomic E-state index is 4.15. The molecule has 0 amide bonds. The number of nitrogens with zero attached hydrogens (tertiary/aromatic N) is 2. The molecule has 0 saturated heterocycles. The third-order valence-electron chi connectivity index (χ3n) is 2.58. The lowest BCUT2D eigenvalue weighted by atomic mass is 10.1. The summed E-state index contributed by atoms with van der Waals surface area (Å²) >= 11 is 0. The molecule has 0 aliphatic rings. The fraction of sp³-hybridized carbons (Fsp3) is 0.154. The molecule has 2 aromatic rings.